The summed E-state index contributed by atoms with van der Waals surface area (Å²) in [6.45, 7) is 4.08. The second kappa shape index (κ2) is 10.8. The molecule has 0 bridgehead atoms. The largest absolute Gasteiger partial charge is 0.461 e. The van der Waals surface area contributed by atoms with Gasteiger partial charge in [0.05, 0.1) is 11.5 Å². The molecule has 0 unspecified atom stereocenters. The van der Waals surface area contributed by atoms with E-state index in [0.717, 1.165) is 17.0 Å². The van der Waals surface area contributed by atoms with Crippen LogP contribution >= 0.6 is 23.4 Å². The third-order valence-corrected chi connectivity index (χ3v) is 7.39. The minimum absolute atomic E-state index is 0.0235. The van der Waals surface area contributed by atoms with Crippen molar-refractivity contribution in [2.24, 2.45) is 0 Å². The number of hydrogen-bond donors (Lipinski definition) is 1. The number of carbonyl (C=O) groups excluding carboxylic acids is 2. The maximum absolute atomic E-state index is 15.0. The molecule has 7 heteroatoms. The molecule has 0 saturated carbocycles. The zero-order valence-corrected chi connectivity index (χ0v) is 20.8. The first-order valence-electron chi connectivity index (χ1n) is 11.4. The van der Waals surface area contributed by atoms with E-state index >= 15 is 4.39 Å². The van der Waals surface area contributed by atoms with Crippen molar-refractivity contribution < 1.29 is 18.7 Å². The third kappa shape index (κ3) is 5.08. The Morgan fingerprint density at radius 3 is 2.62 bits per heavy atom. The number of esters is 1. The number of benzene rings is 2. The normalized spacial score (nSPS) is 20.2. The van der Waals surface area contributed by atoms with E-state index in [1.807, 2.05) is 31.2 Å². The van der Waals surface area contributed by atoms with Crippen molar-refractivity contribution in [2.45, 2.75) is 38.5 Å². The van der Waals surface area contributed by atoms with E-state index in [1.165, 1.54) is 6.07 Å². The van der Waals surface area contributed by atoms with Crippen molar-refractivity contribution in [3.05, 3.63) is 93.0 Å². The van der Waals surface area contributed by atoms with Crippen molar-refractivity contribution in [1.82, 2.24) is 5.32 Å². The van der Waals surface area contributed by atoms with Crippen LogP contribution in [0.3, 0.4) is 0 Å². The van der Waals surface area contributed by atoms with Gasteiger partial charge in [-0.3, -0.25) is 4.79 Å². The van der Waals surface area contributed by atoms with E-state index in [-0.39, 0.29) is 24.7 Å². The molecule has 2 atom stereocenters. The summed E-state index contributed by atoms with van der Waals surface area (Å²) in [5, 5.41) is 3.93. The van der Waals surface area contributed by atoms with Crippen LogP contribution in [-0.2, 0) is 14.3 Å². The number of hydrogen-bond acceptors (Lipinski definition) is 5. The Kier molecular flexibility index (Phi) is 7.79. The number of ether oxygens (including phenoxy) is 1. The summed E-state index contributed by atoms with van der Waals surface area (Å²) in [7, 11) is 0. The van der Waals surface area contributed by atoms with Crippen LogP contribution in [-0.4, -0.2) is 29.9 Å². The van der Waals surface area contributed by atoms with E-state index in [0.29, 0.717) is 39.6 Å². The predicted molar refractivity (Wildman–Crippen MR) is 134 cm³/mol. The van der Waals surface area contributed by atoms with Gasteiger partial charge in [-0.25, -0.2) is 9.18 Å². The fraction of sp³-hybridized carbons (Fsp3) is 0.333. The first kappa shape index (κ1) is 24.6. The van der Waals surface area contributed by atoms with Gasteiger partial charge in [0.1, 0.15) is 12.4 Å². The molecule has 0 amide bonds. The number of nitrogens with one attached hydrogen (secondary N) is 1. The van der Waals surface area contributed by atoms with E-state index in [9.17, 15) is 9.59 Å². The molecule has 1 heterocycles. The SMILES string of the molecule is CCSCCOC(=O)C1=C(C)NC2=C(C(=O)C[C@@H](c3ccc(Cl)cc3)C2)[C@H]1c1ccccc1F. The first-order chi connectivity index (χ1) is 16.4. The standard InChI is InChI=1S/C27H27ClFNO3S/c1-3-34-13-12-33-27(32)24-16(2)30-22-14-18(17-8-10-19(28)11-9-17)15-23(31)26(22)25(24)20-6-4-5-7-21(20)29/h4-11,18,25,30H,3,12-15H2,1-2H3/t18-,25-/m0/s1. The van der Waals surface area contributed by atoms with Gasteiger partial charge in [-0.05, 0) is 48.8 Å². The first-order valence-corrected chi connectivity index (χ1v) is 12.9. The average Bonchev–Trinajstić information content (AvgIpc) is 2.81. The molecule has 2 aliphatic rings. The average molecular weight is 500 g/mol. The summed E-state index contributed by atoms with van der Waals surface area (Å²) in [5.74, 6) is -0.281. The topological polar surface area (TPSA) is 55.4 Å². The van der Waals surface area contributed by atoms with Crippen molar-refractivity contribution in [3.63, 3.8) is 0 Å². The molecule has 1 N–H and O–H groups in total. The summed E-state index contributed by atoms with van der Waals surface area (Å²) in [5.41, 5.74) is 3.40. The maximum Gasteiger partial charge on any atom is 0.336 e. The lowest BCUT2D eigenvalue weighted by Crippen LogP contribution is -2.36. The molecule has 1 aliphatic heterocycles. The number of rotatable bonds is 7. The monoisotopic (exact) mass is 499 g/mol. The summed E-state index contributed by atoms with van der Waals surface area (Å²) in [4.78, 5) is 26.7. The fourth-order valence-corrected chi connectivity index (χ4v) is 5.33. The second-order valence-electron chi connectivity index (χ2n) is 8.42. The molecule has 0 aromatic heterocycles. The zero-order chi connectivity index (χ0) is 24.2. The van der Waals surface area contributed by atoms with E-state index < -0.39 is 17.7 Å². The lowest BCUT2D eigenvalue weighted by molar-refractivity contribution is -0.138. The van der Waals surface area contributed by atoms with Gasteiger partial charge in [0.15, 0.2) is 5.78 Å². The Bertz CT molecular complexity index is 1160. The Morgan fingerprint density at radius 1 is 1.18 bits per heavy atom. The molecule has 34 heavy (non-hydrogen) atoms. The molecule has 0 fully saturated rings. The van der Waals surface area contributed by atoms with Crippen molar-refractivity contribution in [3.8, 4) is 0 Å². The summed E-state index contributed by atoms with van der Waals surface area (Å²) in [6, 6.07) is 13.8. The summed E-state index contributed by atoms with van der Waals surface area (Å²) >= 11 is 7.71. The molecule has 1 aliphatic carbocycles. The van der Waals surface area contributed by atoms with Crippen molar-refractivity contribution in [1.29, 1.82) is 0 Å². The predicted octanol–water partition coefficient (Wildman–Crippen LogP) is 6.14. The van der Waals surface area contributed by atoms with Gasteiger partial charge in [0.2, 0.25) is 0 Å². The van der Waals surface area contributed by atoms with Crippen molar-refractivity contribution in [2.75, 3.05) is 18.1 Å². The van der Waals surface area contributed by atoms with Gasteiger partial charge >= 0.3 is 5.97 Å². The molecule has 4 nitrogen and oxygen atoms in total. The molecule has 4 rings (SSSR count). The van der Waals surface area contributed by atoms with Gasteiger partial charge in [0.25, 0.3) is 0 Å². The Labute approximate surface area is 208 Å². The molecular weight excluding hydrogens is 473 g/mol. The minimum atomic E-state index is -0.803. The quantitative estimate of drug-likeness (QED) is 0.366. The number of ketones is 1. The summed E-state index contributed by atoms with van der Waals surface area (Å²) < 4.78 is 20.5. The molecular formula is C27H27ClFNO3S. The highest BCUT2D eigenvalue weighted by Crippen LogP contribution is 2.46. The third-order valence-electron chi connectivity index (χ3n) is 6.27. The van der Waals surface area contributed by atoms with Crippen LogP contribution in [0.1, 0.15) is 49.7 Å². The van der Waals surface area contributed by atoms with Crippen LogP contribution in [0.2, 0.25) is 5.02 Å². The molecule has 2 aromatic rings. The molecule has 0 radical (unpaired) electrons. The minimum Gasteiger partial charge on any atom is -0.461 e. The highest BCUT2D eigenvalue weighted by molar-refractivity contribution is 7.99. The van der Waals surface area contributed by atoms with Crippen LogP contribution in [0.15, 0.2) is 71.1 Å². The smallest absolute Gasteiger partial charge is 0.336 e. The van der Waals surface area contributed by atoms with E-state index in [1.54, 1.807) is 36.9 Å². The van der Waals surface area contributed by atoms with Crippen LogP contribution in [0, 0.1) is 5.82 Å². The van der Waals surface area contributed by atoms with Crippen LogP contribution in [0.4, 0.5) is 4.39 Å². The number of dihydropyridines is 1. The number of allylic oxidation sites excluding steroid dienone is 3. The summed E-state index contributed by atoms with van der Waals surface area (Å²) in [6.07, 6.45) is 0.863. The molecule has 0 saturated heterocycles. The van der Waals surface area contributed by atoms with Gasteiger partial charge in [-0.2, -0.15) is 11.8 Å². The zero-order valence-electron chi connectivity index (χ0n) is 19.2. The lowest BCUT2D eigenvalue weighted by atomic mass is 9.71. The lowest BCUT2D eigenvalue weighted by Gasteiger charge is -2.36. The molecule has 178 valence electrons. The second-order valence-corrected chi connectivity index (χ2v) is 10.3. The maximum atomic E-state index is 15.0. The Balaban J connectivity index is 1.72. The molecule has 2 aromatic carbocycles. The number of carbonyl (C=O) groups is 2. The van der Waals surface area contributed by atoms with Crippen molar-refractivity contribution >= 4 is 35.1 Å². The van der Waals surface area contributed by atoms with Crippen LogP contribution < -0.4 is 5.32 Å². The van der Waals surface area contributed by atoms with E-state index in [2.05, 4.69) is 5.32 Å². The van der Waals surface area contributed by atoms with E-state index in [4.69, 9.17) is 16.3 Å². The van der Waals surface area contributed by atoms with Gasteiger partial charge in [-0.15, -0.1) is 0 Å². The number of Topliss-reactive ketones (excluding diaryl/α,β-unsaturated/α-hetero) is 1. The fourth-order valence-electron chi connectivity index (χ4n) is 4.72. The highest BCUT2D eigenvalue weighted by atomic mass is 35.5. The molecule has 0 spiro atoms. The highest BCUT2D eigenvalue weighted by Gasteiger charge is 2.42. The number of thioether (sulfide) groups is 1. The Hall–Kier alpha value is -2.57. The number of halogens is 2. The van der Waals surface area contributed by atoms with Crippen LogP contribution in [0.5, 0.6) is 0 Å². The van der Waals surface area contributed by atoms with Crippen LogP contribution in [0.25, 0.3) is 0 Å². The van der Waals surface area contributed by atoms with Gasteiger partial charge < -0.3 is 10.1 Å². The van der Waals surface area contributed by atoms with Gasteiger partial charge in [-0.1, -0.05) is 48.9 Å². The Morgan fingerprint density at radius 2 is 1.91 bits per heavy atom. The van der Waals surface area contributed by atoms with Gasteiger partial charge in [0, 0.05) is 39.7 Å².